The summed E-state index contributed by atoms with van der Waals surface area (Å²) in [7, 11) is 0. The fraction of sp³-hybridized carbons (Fsp3) is 0.0833. The van der Waals surface area contributed by atoms with Gasteiger partial charge in [-0.1, -0.05) is 11.6 Å². The molecule has 1 aromatic carbocycles. The molecule has 0 radical (unpaired) electrons. The molecule has 0 atom stereocenters. The van der Waals surface area contributed by atoms with Gasteiger partial charge in [0, 0.05) is 18.2 Å². The average molecular weight is 251 g/mol. The van der Waals surface area contributed by atoms with Crippen molar-refractivity contribution in [2.24, 2.45) is 0 Å². The normalized spacial score (nSPS) is 10.2. The predicted octanol–water partition coefficient (Wildman–Crippen LogP) is 2.76. The summed E-state index contributed by atoms with van der Waals surface area (Å²) in [6, 6.07) is 7.96. The van der Waals surface area contributed by atoms with E-state index in [4.69, 9.17) is 16.7 Å². The Morgan fingerprint density at radius 3 is 2.65 bits per heavy atom. The Kier molecular flexibility index (Phi) is 3.35. The van der Waals surface area contributed by atoms with Crippen molar-refractivity contribution in [3.8, 4) is 11.5 Å². The van der Waals surface area contributed by atoms with Crippen LogP contribution in [-0.4, -0.2) is 15.2 Å². The van der Waals surface area contributed by atoms with Crippen LogP contribution in [0.4, 0.5) is 5.69 Å². The van der Waals surface area contributed by atoms with Crippen LogP contribution in [0.2, 0.25) is 5.15 Å². The van der Waals surface area contributed by atoms with Crippen LogP contribution in [0.25, 0.3) is 0 Å². The third kappa shape index (κ3) is 3.01. The first-order chi connectivity index (χ1) is 8.15. The van der Waals surface area contributed by atoms with Crippen LogP contribution in [0.1, 0.15) is 5.56 Å². The number of nitrogens with one attached hydrogen (secondary N) is 1. The maximum Gasteiger partial charge on any atom is 0.129 e. The van der Waals surface area contributed by atoms with Gasteiger partial charge in [0.05, 0.1) is 11.9 Å². The van der Waals surface area contributed by atoms with Crippen molar-refractivity contribution in [1.29, 1.82) is 0 Å². The number of halogens is 1. The summed E-state index contributed by atoms with van der Waals surface area (Å²) in [5.74, 6) is 0.0961. The first-order valence-electron chi connectivity index (χ1n) is 5.01. The number of aromatic hydroxyl groups is 2. The van der Waals surface area contributed by atoms with Crippen molar-refractivity contribution in [3.05, 3.63) is 47.2 Å². The first kappa shape index (κ1) is 11.5. The Morgan fingerprint density at radius 1 is 1.18 bits per heavy atom. The van der Waals surface area contributed by atoms with E-state index in [0.717, 1.165) is 5.69 Å². The van der Waals surface area contributed by atoms with Crippen molar-refractivity contribution < 1.29 is 10.2 Å². The number of aromatic nitrogens is 1. The maximum atomic E-state index is 9.58. The van der Waals surface area contributed by atoms with E-state index in [1.54, 1.807) is 24.4 Å². The molecule has 5 heteroatoms. The number of phenols is 2. The number of anilines is 1. The second-order valence-corrected chi connectivity index (χ2v) is 3.92. The van der Waals surface area contributed by atoms with Crippen molar-refractivity contribution in [1.82, 2.24) is 4.98 Å². The zero-order valence-electron chi connectivity index (χ0n) is 8.89. The molecule has 2 aromatic rings. The number of phenolic OH excluding ortho intramolecular Hbond substituents is 2. The van der Waals surface area contributed by atoms with Crippen LogP contribution < -0.4 is 5.32 Å². The van der Waals surface area contributed by atoms with Gasteiger partial charge >= 0.3 is 0 Å². The SMILES string of the molecule is Oc1ccc(CNc2ccc(Cl)nc2)c(O)c1. The van der Waals surface area contributed by atoms with Crippen LogP contribution in [0.3, 0.4) is 0 Å². The lowest BCUT2D eigenvalue weighted by Gasteiger charge is -2.08. The van der Waals surface area contributed by atoms with E-state index < -0.39 is 0 Å². The van der Waals surface area contributed by atoms with E-state index in [2.05, 4.69) is 10.3 Å². The summed E-state index contributed by atoms with van der Waals surface area (Å²) < 4.78 is 0. The van der Waals surface area contributed by atoms with E-state index >= 15 is 0 Å². The molecule has 0 saturated heterocycles. The zero-order valence-corrected chi connectivity index (χ0v) is 9.65. The molecule has 0 fully saturated rings. The van der Waals surface area contributed by atoms with Gasteiger partial charge in [-0.05, 0) is 24.3 Å². The fourth-order valence-corrected chi connectivity index (χ4v) is 1.49. The van der Waals surface area contributed by atoms with Crippen LogP contribution in [0.15, 0.2) is 36.5 Å². The van der Waals surface area contributed by atoms with E-state index in [9.17, 15) is 5.11 Å². The Hall–Kier alpha value is -1.94. The summed E-state index contributed by atoms with van der Waals surface area (Å²) >= 11 is 5.66. The molecular formula is C12H11ClN2O2. The van der Waals surface area contributed by atoms with E-state index in [1.807, 2.05) is 0 Å². The summed E-state index contributed by atoms with van der Waals surface area (Å²) in [4.78, 5) is 3.93. The molecule has 0 aliphatic heterocycles. The van der Waals surface area contributed by atoms with E-state index in [1.165, 1.54) is 12.1 Å². The molecule has 0 bridgehead atoms. The number of pyridine rings is 1. The third-order valence-corrected chi connectivity index (χ3v) is 2.50. The molecule has 0 saturated carbocycles. The number of benzene rings is 1. The second kappa shape index (κ2) is 4.93. The summed E-state index contributed by atoms with van der Waals surface area (Å²) in [6.45, 7) is 0.440. The molecule has 0 amide bonds. The molecule has 1 aromatic heterocycles. The zero-order chi connectivity index (χ0) is 12.3. The van der Waals surface area contributed by atoms with Gasteiger partial charge in [-0.15, -0.1) is 0 Å². The van der Waals surface area contributed by atoms with Crippen LogP contribution in [0, 0.1) is 0 Å². The fourth-order valence-electron chi connectivity index (χ4n) is 1.38. The van der Waals surface area contributed by atoms with Gasteiger partial charge in [-0.25, -0.2) is 4.98 Å². The molecule has 3 N–H and O–H groups in total. The molecule has 0 aliphatic carbocycles. The molecule has 1 heterocycles. The lowest BCUT2D eigenvalue weighted by Crippen LogP contribution is -1.99. The highest BCUT2D eigenvalue weighted by Crippen LogP contribution is 2.23. The Morgan fingerprint density at radius 2 is 2.00 bits per heavy atom. The van der Waals surface area contributed by atoms with Crippen molar-refractivity contribution in [2.45, 2.75) is 6.54 Å². The lowest BCUT2D eigenvalue weighted by molar-refractivity contribution is 0.446. The highest BCUT2D eigenvalue weighted by Gasteiger charge is 2.02. The standard InChI is InChI=1S/C12H11ClN2O2/c13-12-4-2-9(7-15-12)14-6-8-1-3-10(16)5-11(8)17/h1-5,7,14,16-17H,6H2. The average Bonchev–Trinajstić information content (AvgIpc) is 2.30. The number of hydrogen-bond donors (Lipinski definition) is 3. The third-order valence-electron chi connectivity index (χ3n) is 2.28. The Balaban J connectivity index is 2.04. The molecule has 88 valence electrons. The first-order valence-corrected chi connectivity index (χ1v) is 5.39. The summed E-state index contributed by atoms with van der Waals surface area (Å²) in [5, 5.41) is 22.2. The smallest absolute Gasteiger partial charge is 0.129 e. The molecule has 0 spiro atoms. The minimum atomic E-state index is 0.0411. The van der Waals surface area contributed by atoms with E-state index in [0.29, 0.717) is 17.3 Å². The highest BCUT2D eigenvalue weighted by molar-refractivity contribution is 6.29. The predicted molar refractivity (Wildman–Crippen MR) is 66.3 cm³/mol. The quantitative estimate of drug-likeness (QED) is 0.733. The summed E-state index contributed by atoms with van der Waals surface area (Å²) in [5.41, 5.74) is 1.50. The van der Waals surface area contributed by atoms with Gasteiger partial charge in [0.2, 0.25) is 0 Å². The van der Waals surface area contributed by atoms with Gasteiger partial charge in [-0.3, -0.25) is 0 Å². The Bertz CT molecular complexity index is 514. The minimum Gasteiger partial charge on any atom is -0.508 e. The van der Waals surface area contributed by atoms with Crippen LogP contribution in [0.5, 0.6) is 11.5 Å². The number of rotatable bonds is 3. The van der Waals surface area contributed by atoms with Crippen molar-refractivity contribution in [2.75, 3.05) is 5.32 Å². The van der Waals surface area contributed by atoms with Crippen molar-refractivity contribution in [3.63, 3.8) is 0 Å². The number of hydrogen-bond acceptors (Lipinski definition) is 4. The van der Waals surface area contributed by atoms with Gasteiger partial charge in [0.1, 0.15) is 16.7 Å². The molecule has 17 heavy (non-hydrogen) atoms. The van der Waals surface area contributed by atoms with Gasteiger partial charge < -0.3 is 15.5 Å². The van der Waals surface area contributed by atoms with E-state index in [-0.39, 0.29) is 11.5 Å². The summed E-state index contributed by atoms with van der Waals surface area (Å²) in [6.07, 6.45) is 1.61. The second-order valence-electron chi connectivity index (χ2n) is 3.54. The topological polar surface area (TPSA) is 65.4 Å². The Labute approximate surface area is 104 Å². The largest absolute Gasteiger partial charge is 0.508 e. The lowest BCUT2D eigenvalue weighted by atomic mass is 10.2. The van der Waals surface area contributed by atoms with Crippen LogP contribution in [-0.2, 0) is 6.54 Å². The van der Waals surface area contributed by atoms with Gasteiger partial charge in [-0.2, -0.15) is 0 Å². The van der Waals surface area contributed by atoms with Crippen LogP contribution >= 0.6 is 11.6 Å². The molecule has 2 rings (SSSR count). The monoisotopic (exact) mass is 250 g/mol. The van der Waals surface area contributed by atoms with Gasteiger partial charge in [0.25, 0.3) is 0 Å². The minimum absolute atomic E-state index is 0.0411. The molecule has 0 aliphatic rings. The molecule has 0 unspecified atom stereocenters. The molecule has 4 nitrogen and oxygen atoms in total. The molecular weight excluding hydrogens is 240 g/mol. The van der Waals surface area contributed by atoms with Gasteiger partial charge in [0.15, 0.2) is 0 Å². The highest BCUT2D eigenvalue weighted by atomic mass is 35.5. The maximum absolute atomic E-state index is 9.58. The van der Waals surface area contributed by atoms with Crippen molar-refractivity contribution >= 4 is 17.3 Å². The number of nitrogens with zero attached hydrogens (tertiary/aromatic N) is 1.